The van der Waals surface area contributed by atoms with E-state index in [9.17, 15) is 4.79 Å². The highest BCUT2D eigenvalue weighted by molar-refractivity contribution is 5.97. The quantitative estimate of drug-likeness (QED) is 0.796. The van der Waals surface area contributed by atoms with Crippen molar-refractivity contribution in [2.45, 2.75) is 37.6 Å². The first kappa shape index (κ1) is 14.8. The fourth-order valence-electron chi connectivity index (χ4n) is 2.65. The molecule has 108 valence electrons. The van der Waals surface area contributed by atoms with Crippen LogP contribution < -0.4 is 11.1 Å². The maximum Gasteiger partial charge on any atom is 0.246 e. The highest BCUT2D eigenvalue weighted by Crippen LogP contribution is 2.27. The zero-order valence-electron chi connectivity index (χ0n) is 11.2. The first-order chi connectivity index (χ1) is 9.17. The number of halogens is 1. The second-order valence-electron chi connectivity index (χ2n) is 5.27. The van der Waals surface area contributed by atoms with Gasteiger partial charge in [0, 0.05) is 0 Å². The molecule has 4 N–H and O–H groups in total. The Kier molecular flexibility index (Phi) is 4.30. The number of anilines is 1. The van der Waals surface area contributed by atoms with Crippen LogP contribution >= 0.6 is 12.4 Å². The van der Waals surface area contributed by atoms with Crippen molar-refractivity contribution < 1.29 is 4.79 Å². The van der Waals surface area contributed by atoms with Gasteiger partial charge in [-0.2, -0.15) is 0 Å². The number of H-pyrrole nitrogens is 1. The van der Waals surface area contributed by atoms with E-state index in [1.165, 1.54) is 0 Å². The Labute approximate surface area is 123 Å². The Bertz CT molecular complexity index is 571. The van der Waals surface area contributed by atoms with Crippen LogP contribution in [0.4, 0.5) is 5.95 Å². The number of imidazole rings is 1. The molecule has 0 atom stereocenters. The summed E-state index contributed by atoms with van der Waals surface area (Å²) in [4.78, 5) is 19.7. The summed E-state index contributed by atoms with van der Waals surface area (Å²) < 4.78 is 0. The van der Waals surface area contributed by atoms with Crippen LogP contribution in [-0.4, -0.2) is 21.4 Å². The molecule has 1 heterocycles. The zero-order chi connectivity index (χ0) is 13.3. The maximum atomic E-state index is 12.3. The number of nitrogens with zero attached hydrogens (tertiary/aromatic N) is 1. The van der Waals surface area contributed by atoms with E-state index in [0.29, 0.717) is 5.95 Å². The second-order valence-corrected chi connectivity index (χ2v) is 5.27. The molecular formula is C14H19ClN4O. The normalized spacial score (nSPS) is 17.4. The summed E-state index contributed by atoms with van der Waals surface area (Å²) in [6.07, 6.45) is 4.70. The van der Waals surface area contributed by atoms with Gasteiger partial charge in [-0.15, -0.1) is 12.4 Å². The van der Waals surface area contributed by atoms with Crippen LogP contribution in [0.25, 0.3) is 11.0 Å². The van der Waals surface area contributed by atoms with Crippen molar-refractivity contribution in [2.75, 3.05) is 5.32 Å². The van der Waals surface area contributed by atoms with Crippen molar-refractivity contribution >= 4 is 35.3 Å². The molecule has 0 radical (unpaired) electrons. The van der Waals surface area contributed by atoms with Gasteiger partial charge in [0.2, 0.25) is 11.9 Å². The number of aromatic nitrogens is 2. The average Bonchev–Trinajstić information content (AvgIpc) is 2.81. The van der Waals surface area contributed by atoms with Gasteiger partial charge >= 0.3 is 0 Å². The summed E-state index contributed by atoms with van der Waals surface area (Å²) in [6, 6.07) is 7.68. The van der Waals surface area contributed by atoms with Gasteiger partial charge in [-0.05, 0) is 25.0 Å². The molecule has 0 unspecified atom stereocenters. The summed E-state index contributed by atoms with van der Waals surface area (Å²) in [5.74, 6) is 0.341. The van der Waals surface area contributed by atoms with E-state index in [0.717, 1.165) is 43.1 Å². The second kappa shape index (κ2) is 5.81. The molecule has 20 heavy (non-hydrogen) atoms. The molecule has 1 saturated carbocycles. The maximum absolute atomic E-state index is 12.3. The third-order valence-electron chi connectivity index (χ3n) is 3.82. The molecule has 5 nitrogen and oxygen atoms in total. The van der Waals surface area contributed by atoms with E-state index in [-0.39, 0.29) is 18.3 Å². The van der Waals surface area contributed by atoms with Crippen molar-refractivity contribution in [3.8, 4) is 0 Å². The molecule has 6 heteroatoms. The van der Waals surface area contributed by atoms with Crippen LogP contribution in [-0.2, 0) is 4.79 Å². The van der Waals surface area contributed by atoms with Crippen molar-refractivity contribution in [1.82, 2.24) is 9.97 Å². The lowest BCUT2D eigenvalue weighted by Crippen LogP contribution is -2.52. The van der Waals surface area contributed by atoms with Gasteiger partial charge in [0.25, 0.3) is 0 Å². The Hall–Kier alpha value is -1.59. The van der Waals surface area contributed by atoms with Gasteiger partial charge in [0.1, 0.15) is 0 Å². The van der Waals surface area contributed by atoms with E-state index in [1.807, 2.05) is 24.3 Å². The van der Waals surface area contributed by atoms with E-state index in [1.54, 1.807) is 0 Å². The molecule has 1 aromatic heterocycles. The van der Waals surface area contributed by atoms with Crippen molar-refractivity contribution in [1.29, 1.82) is 0 Å². The molecule has 1 fully saturated rings. The number of carbonyl (C=O) groups excluding carboxylic acids is 1. The molecule has 2 aromatic rings. The van der Waals surface area contributed by atoms with Crippen LogP contribution in [0.5, 0.6) is 0 Å². The third-order valence-corrected chi connectivity index (χ3v) is 3.82. The van der Waals surface area contributed by atoms with Crippen molar-refractivity contribution in [2.24, 2.45) is 5.73 Å². The summed E-state index contributed by atoms with van der Waals surface area (Å²) in [7, 11) is 0. The molecule has 0 saturated heterocycles. The number of nitrogens with two attached hydrogens (primary N) is 1. The first-order valence-corrected chi connectivity index (χ1v) is 6.72. The van der Waals surface area contributed by atoms with Gasteiger partial charge in [-0.25, -0.2) is 4.98 Å². The standard InChI is InChI=1S/C14H18N4O.ClH/c15-14(8-4-1-5-9-14)12(19)18-13-16-10-6-2-3-7-11(10)17-13;/h2-3,6-7H,1,4-5,8-9,15H2,(H2,16,17,18,19);1H. The lowest BCUT2D eigenvalue weighted by atomic mass is 9.82. The van der Waals surface area contributed by atoms with E-state index < -0.39 is 5.54 Å². The predicted octanol–water partition coefficient (Wildman–Crippen LogP) is 2.58. The highest BCUT2D eigenvalue weighted by atomic mass is 35.5. The summed E-state index contributed by atoms with van der Waals surface area (Å²) >= 11 is 0. The number of aromatic amines is 1. The van der Waals surface area contributed by atoms with Crippen LogP contribution in [0.1, 0.15) is 32.1 Å². The topological polar surface area (TPSA) is 83.8 Å². The SMILES string of the molecule is Cl.NC1(C(=O)Nc2nc3ccccc3[nH]2)CCCCC1. The molecule has 0 spiro atoms. The molecule has 1 aliphatic rings. The molecule has 0 bridgehead atoms. The lowest BCUT2D eigenvalue weighted by molar-refractivity contribution is -0.122. The lowest BCUT2D eigenvalue weighted by Gasteiger charge is -2.31. The van der Waals surface area contributed by atoms with E-state index >= 15 is 0 Å². The van der Waals surface area contributed by atoms with Crippen LogP contribution in [0, 0.1) is 0 Å². The summed E-state index contributed by atoms with van der Waals surface area (Å²) in [5, 5.41) is 2.81. The molecule has 0 aliphatic heterocycles. The van der Waals surface area contributed by atoms with Gasteiger partial charge in [0.05, 0.1) is 16.6 Å². The van der Waals surface area contributed by atoms with Gasteiger partial charge in [0.15, 0.2) is 0 Å². The number of benzene rings is 1. The number of carbonyl (C=O) groups is 1. The van der Waals surface area contributed by atoms with Crippen LogP contribution in [0.2, 0.25) is 0 Å². The first-order valence-electron chi connectivity index (χ1n) is 6.72. The summed E-state index contributed by atoms with van der Waals surface area (Å²) in [5.41, 5.74) is 7.20. The summed E-state index contributed by atoms with van der Waals surface area (Å²) in [6.45, 7) is 0. The molecule has 1 aromatic carbocycles. The predicted molar refractivity (Wildman–Crippen MR) is 82.0 cm³/mol. The molecular weight excluding hydrogens is 276 g/mol. The Morgan fingerprint density at radius 2 is 1.95 bits per heavy atom. The number of hydrogen-bond donors (Lipinski definition) is 3. The molecule has 1 aliphatic carbocycles. The largest absolute Gasteiger partial charge is 0.324 e. The number of rotatable bonds is 2. The van der Waals surface area contributed by atoms with E-state index in [4.69, 9.17) is 5.73 Å². The number of fused-ring (bicyclic) bond motifs is 1. The van der Waals surface area contributed by atoms with Crippen LogP contribution in [0.15, 0.2) is 24.3 Å². The van der Waals surface area contributed by atoms with Gasteiger partial charge in [-0.3, -0.25) is 10.1 Å². The molecule has 1 amide bonds. The minimum Gasteiger partial charge on any atom is -0.324 e. The van der Waals surface area contributed by atoms with Crippen molar-refractivity contribution in [3.05, 3.63) is 24.3 Å². The Balaban J connectivity index is 0.00000147. The minimum atomic E-state index is -0.739. The van der Waals surface area contributed by atoms with Crippen molar-refractivity contribution in [3.63, 3.8) is 0 Å². The third kappa shape index (κ3) is 2.78. The highest BCUT2D eigenvalue weighted by Gasteiger charge is 2.35. The fourth-order valence-corrected chi connectivity index (χ4v) is 2.65. The number of nitrogens with one attached hydrogen (secondary N) is 2. The smallest absolute Gasteiger partial charge is 0.246 e. The van der Waals surface area contributed by atoms with Crippen LogP contribution in [0.3, 0.4) is 0 Å². The fraction of sp³-hybridized carbons (Fsp3) is 0.429. The number of para-hydroxylation sites is 2. The monoisotopic (exact) mass is 294 g/mol. The molecule has 3 rings (SSSR count). The minimum absolute atomic E-state index is 0. The van der Waals surface area contributed by atoms with Gasteiger partial charge < -0.3 is 10.7 Å². The Morgan fingerprint density at radius 3 is 2.65 bits per heavy atom. The van der Waals surface area contributed by atoms with Gasteiger partial charge in [-0.1, -0.05) is 31.4 Å². The van der Waals surface area contributed by atoms with E-state index in [2.05, 4.69) is 15.3 Å². The Morgan fingerprint density at radius 1 is 1.25 bits per heavy atom. The number of hydrogen-bond acceptors (Lipinski definition) is 3. The zero-order valence-corrected chi connectivity index (χ0v) is 12.0. The number of amides is 1. The average molecular weight is 295 g/mol.